The van der Waals surface area contributed by atoms with E-state index in [0.29, 0.717) is 5.75 Å². The molecule has 0 atom stereocenters. The van der Waals surface area contributed by atoms with Crippen molar-refractivity contribution in [1.29, 1.82) is 10.7 Å². The number of halogens is 1. The number of ether oxygens (including phenoxy) is 1. The van der Waals surface area contributed by atoms with Crippen LogP contribution < -0.4 is 15.9 Å². The Hall–Kier alpha value is -3.41. The lowest BCUT2D eigenvalue weighted by molar-refractivity contribution is 0.307. The van der Waals surface area contributed by atoms with E-state index in [1.54, 1.807) is 30.2 Å². The van der Waals surface area contributed by atoms with Gasteiger partial charge >= 0.3 is 0 Å². The fourth-order valence-electron chi connectivity index (χ4n) is 1.68. The summed E-state index contributed by atoms with van der Waals surface area (Å²) in [6.07, 6.45) is 3.44. The summed E-state index contributed by atoms with van der Waals surface area (Å²) in [4.78, 5) is 0. The highest BCUT2D eigenvalue weighted by atomic mass is 19.1. The first-order valence-electron chi connectivity index (χ1n) is 6.47. The van der Waals surface area contributed by atoms with Crippen LogP contribution in [0.15, 0.2) is 35.7 Å². The van der Waals surface area contributed by atoms with Crippen molar-refractivity contribution >= 4 is 17.2 Å². The number of hydrogen-bond acceptors (Lipinski definition) is 6. The normalized spacial score (nSPS) is 10.9. The van der Waals surface area contributed by atoms with Gasteiger partial charge in [0.25, 0.3) is 0 Å². The third kappa shape index (κ3) is 4.28. The molecule has 2 aromatic rings. The molecule has 1 aromatic carbocycles. The highest BCUT2D eigenvalue weighted by Gasteiger charge is 2.08. The molecular weight excluding hydrogens is 301 g/mol. The third-order valence-corrected chi connectivity index (χ3v) is 2.74. The fraction of sp³-hybridized carbons (Fsp3) is 0.143. The number of rotatable bonds is 6. The van der Waals surface area contributed by atoms with Gasteiger partial charge in [0.1, 0.15) is 29.9 Å². The molecule has 1 aromatic heterocycles. The van der Waals surface area contributed by atoms with Crippen molar-refractivity contribution in [2.75, 3.05) is 5.43 Å². The first kappa shape index (κ1) is 16.0. The van der Waals surface area contributed by atoms with E-state index in [0.717, 1.165) is 11.6 Å². The third-order valence-electron chi connectivity index (χ3n) is 2.74. The smallest absolute Gasteiger partial charge is 0.201 e. The van der Waals surface area contributed by atoms with Crippen LogP contribution in [0.2, 0.25) is 0 Å². The molecule has 4 N–H and O–H groups in total. The van der Waals surface area contributed by atoms with Crippen LogP contribution in [0, 0.1) is 22.6 Å². The van der Waals surface area contributed by atoms with Gasteiger partial charge in [-0.3, -0.25) is 15.5 Å². The highest BCUT2D eigenvalue weighted by molar-refractivity contribution is 6.45. The summed E-state index contributed by atoms with van der Waals surface area (Å²) in [5, 5.41) is 23.7. The molecule has 23 heavy (non-hydrogen) atoms. The van der Waals surface area contributed by atoms with Crippen LogP contribution in [-0.4, -0.2) is 21.3 Å². The molecule has 1 heterocycles. The van der Waals surface area contributed by atoms with Crippen LogP contribution in [0.5, 0.6) is 5.75 Å². The molecule has 0 fully saturated rings. The summed E-state index contributed by atoms with van der Waals surface area (Å²) >= 11 is 0. The maximum atomic E-state index is 13.4. The van der Waals surface area contributed by atoms with E-state index in [4.69, 9.17) is 21.1 Å². The van der Waals surface area contributed by atoms with E-state index >= 15 is 0 Å². The van der Waals surface area contributed by atoms with Gasteiger partial charge in [-0.1, -0.05) is 0 Å². The number of nitrogens with one attached hydrogen (secondary N) is 2. The van der Waals surface area contributed by atoms with E-state index in [2.05, 4.69) is 15.6 Å². The molecule has 0 amide bonds. The van der Waals surface area contributed by atoms with Gasteiger partial charge in [0.05, 0.1) is 6.20 Å². The Morgan fingerprint density at radius 2 is 2.39 bits per heavy atom. The summed E-state index contributed by atoms with van der Waals surface area (Å²) in [6.45, 7) is 0.232. The van der Waals surface area contributed by atoms with Gasteiger partial charge in [-0.2, -0.15) is 15.5 Å². The Morgan fingerprint density at radius 3 is 3.00 bits per heavy atom. The molecule has 0 aliphatic heterocycles. The monoisotopic (exact) mass is 315 g/mol. The minimum Gasteiger partial charge on any atom is -0.487 e. The van der Waals surface area contributed by atoms with Gasteiger partial charge in [0, 0.05) is 24.9 Å². The van der Waals surface area contributed by atoms with Crippen molar-refractivity contribution in [2.24, 2.45) is 17.9 Å². The van der Waals surface area contributed by atoms with Crippen molar-refractivity contribution < 1.29 is 9.13 Å². The molecule has 9 heteroatoms. The predicted octanol–water partition coefficient (Wildman–Crippen LogP) is 1.37. The number of nitriles is 1. The number of nitrogens with two attached hydrogens (primary N) is 1. The minimum atomic E-state index is -0.502. The average molecular weight is 315 g/mol. The molecule has 2 rings (SSSR count). The van der Waals surface area contributed by atoms with Gasteiger partial charge in [-0.15, -0.1) is 0 Å². The van der Waals surface area contributed by atoms with Crippen LogP contribution in [-0.2, 0) is 13.7 Å². The second-order valence-corrected chi connectivity index (χ2v) is 4.55. The van der Waals surface area contributed by atoms with E-state index < -0.39 is 11.7 Å². The first-order chi connectivity index (χ1) is 11.0. The molecule has 0 aliphatic rings. The van der Waals surface area contributed by atoms with E-state index in [1.165, 1.54) is 12.1 Å². The lowest BCUT2D eigenvalue weighted by atomic mass is 10.3. The molecule has 0 unspecified atom stereocenters. The molecule has 0 bridgehead atoms. The molecule has 118 valence electrons. The van der Waals surface area contributed by atoms with Crippen LogP contribution in [0.3, 0.4) is 0 Å². The number of nitrogens with zero attached hydrogens (tertiary/aromatic N) is 4. The number of hydrogen-bond donors (Lipinski definition) is 3. The summed E-state index contributed by atoms with van der Waals surface area (Å²) < 4.78 is 20.6. The van der Waals surface area contributed by atoms with Crippen molar-refractivity contribution in [3.05, 3.63) is 42.0 Å². The summed E-state index contributed by atoms with van der Waals surface area (Å²) in [5.74, 6) is -0.660. The Bertz CT molecular complexity index is 791. The van der Waals surface area contributed by atoms with Crippen molar-refractivity contribution in [3.8, 4) is 11.8 Å². The van der Waals surface area contributed by atoms with Crippen molar-refractivity contribution in [3.63, 3.8) is 0 Å². The Kier molecular flexibility index (Phi) is 4.89. The van der Waals surface area contributed by atoms with Gasteiger partial charge in [-0.25, -0.2) is 4.39 Å². The Balaban J connectivity index is 2.17. The van der Waals surface area contributed by atoms with Crippen LogP contribution >= 0.6 is 0 Å². The number of anilines is 1. The maximum Gasteiger partial charge on any atom is 0.201 e. The van der Waals surface area contributed by atoms with E-state index in [1.807, 2.05) is 0 Å². The number of aryl methyl sites for hydroxylation is 1. The second kappa shape index (κ2) is 7.04. The minimum absolute atomic E-state index is 0.211. The molecule has 0 saturated carbocycles. The maximum absolute atomic E-state index is 13.4. The zero-order chi connectivity index (χ0) is 16.8. The van der Waals surface area contributed by atoms with Gasteiger partial charge < -0.3 is 10.5 Å². The van der Waals surface area contributed by atoms with Crippen LogP contribution in [0.4, 0.5) is 10.1 Å². The van der Waals surface area contributed by atoms with E-state index in [-0.39, 0.29) is 18.0 Å². The largest absolute Gasteiger partial charge is 0.487 e. The Labute approximate surface area is 131 Å². The van der Waals surface area contributed by atoms with Gasteiger partial charge in [-0.05, 0) is 12.1 Å². The molecular formula is C14H14FN7O. The standard InChI is InChI=1S/C14H14FN7O/c1-22-7-9(6-19-22)8-23-13-3-2-10(15)4-11(13)20-21-12(5-16)14(17)18/h2-4,6-7,20H,8H2,1H3,(H3,17,18)/b21-12+. The summed E-state index contributed by atoms with van der Waals surface area (Å²) in [6, 6.07) is 5.50. The molecule has 0 spiro atoms. The highest BCUT2D eigenvalue weighted by Crippen LogP contribution is 2.26. The lowest BCUT2D eigenvalue weighted by Crippen LogP contribution is -2.21. The Morgan fingerprint density at radius 1 is 1.61 bits per heavy atom. The van der Waals surface area contributed by atoms with Crippen molar-refractivity contribution in [1.82, 2.24) is 9.78 Å². The zero-order valence-electron chi connectivity index (χ0n) is 12.2. The van der Waals surface area contributed by atoms with Crippen molar-refractivity contribution in [2.45, 2.75) is 6.61 Å². The number of benzene rings is 1. The second-order valence-electron chi connectivity index (χ2n) is 4.55. The SMILES string of the molecule is Cn1cc(COc2ccc(F)cc2N/N=C(\C#N)C(=N)N)cn1. The lowest BCUT2D eigenvalue weighted by Gasteiger charge is -2.10. The quantitative estimate of drug-likeness (QED) is 0.422. The van der Waals surface area contributed by atoms with E-state index in [9.17, 15) is 4.39 Å². The first-order valence-corrected chi connectivity index (χ1v) is 6.47. The molecule has 0 saturated heterocycles. The van der Waals surface area contributed by atoms with Crippen LogP contribution in [0.25, 0.3) is 0 Å². The van der Waals surface area contributed by atoms with Crippen LogP contribution in [0.1, 0.15) is 5.56 Å². The molecule has 0 aliphatic carbocycles. The number of aromatic nitrogens is 2. The number of hydrazone groups is 1. The average Bonchev–Trinajstić information content (AvgIpc) is 2.92. The molecule has 0 radical (unpaired) electrons. The summed E-state index contributed by atoms with van der Waals surface area (Å²) in [5.41, 5.74) is 8.42. The summed E-state index contributed by atoms with van der Waals surface area (Å²) in [7, 11) is 1.79. The van der Waals surface area contributed by atoms with Gasteiger partial charge in [0.2, 0.25) is 5.71 Å². The fourth-order valence-corrected chi connectivity index (χ4v) is 1.68. The van der Waals surface area contributed by atoms with Gasteiger partial charge in [0.15, 0.2) is 5.84 Å². The topological polar surface area (TPSA) is 125 Å². The molecule has 8 nitrogen and oxygen atoms in total. The zero-order valence-corrected chi connectivity index (χ0v) is 12.2. The number of amidine groups is 1. The predicted molar refractivity (Wildman–Crippen MR) is 82.5 cm³/mol.